The molecule has 242 valence electrons. The van der Waals surface area contributed by atoms with E-state index in [0.717, 1.165) is 23.0 Å². The molecule has 2 unspecified atom stereocenters. The fraction of sp³-hybridized carbons (Fsp3) is 0.471. The van der Waals surface area contributed by atoms with E-state index in [2.05, 4.69) is 50.9 Å². The van der Waals surface area contributed by atoms with Crippen molar-refractivity contribution in [3.05, 3.63) is 82.7 Å². The highest BCUT2D eigenvalue weighted by atomic mass is 28.3. The monoisotopic (exact) mass is 634 g/mol. The average Bonchev–Trinajstić information content (AvgIpc) is 3.37. The number of benzene rings is 2. The first-order valence-electron chi connectivity index (χ1n) is 15.6. The van der Waals surface area contributed by atoms with Crippen molar-refractivity contribution >= 4 is 26.2 Å². The van der Waals surface area contributed by atoms with E-state index >= 15 is 0 Å². The average molecular weight is 635 g/mol. The number of alkyl carbamates (subject to hydrolysis) is 1. The summed E-state index contributed by atoms with van der Waals surface area (Å²) in [6, 6.07) is 17.2. The predicted octanol–water partition coefficient (Wildman–Crippen LogP) is 6.40. The second-order valence-corrected chi connectivity index (χ2v) is 18.6. The minimum atomic E-state index is -1.44. The highest BCUT2D eigenvalue weighted by Crippen LogP contribution is 2.37. The van der Waals surface area contributed by atoms with Crippen LogP contribution in [0.3, 0.4) is 0 Å². The van der Waals surface area contributed by atoms with Crippen LogP contribution in [0.4, 0.5) is 9.59 Å². The normalized spacial score (nSPS) is 15.3. The Morgan fingerprint density at radius 2 is 1.69 bits per heavy atom. The van der Waals surface area contributed by atoms with Gasteiger partial charge in [0.05, 0.1) is 49.3 Å². The van der Waals surface area contributed by atoms with E-state index < -0.39 is 38.3 Å². The lowest BCUT2D eigenvalue weighted by Gasteiger charge is -2.39. The maximum absolute atomic E-state index is 13.6. The van der Waals surface area contributed by atoms with E-state index in [-0.39, 0.29) is 13.0 Å². The van der Waals surface area contributed by atoms with E-state index in [0.29, 0.717) is 36.7 Å². The lowest BCUT2D eigenvalue weighted by atomic mass is 9.90. The number of nitrogens with zero attached hydrogens (tertiary/aromatic N) is 3. The van der Waals surface area contributed by atoms with Crippen LogP contribution in [0.5, 0.6) is 0 Å². The van der Waals surface area contributed by atoms with Crippen molar-refractivity contribution in [2.24, 2.45) is 0 Å². The molecule has 2 aromatic carbocycles. The van der Waals surface area contributed by atoms with E-state index in [9.17, 15) is 14.4 Å². The zero-order valence-corrected chi connectivity index (χ0v) is 28.5. The number of hydrogen-bond donors (Lipinski definition) is 1. The third-order valence-electron chi connectivity index (χ3n) is 8.01. The van der Waals surface area contributed by atoms with Crippen LogP contribution in [0.2, 0.25) is 25.7 Å². The molecule has 0 bridgehead atoms. The van der Waals surface area contributed by atoms with Crippen LogP contribution in [0.25, 0.3) is 5.69 Å². The Labute approximate surface area is 267 Å². The Morgan fingerprint density at radius 1 is 1.00 bits per heavy atom. The van der Waals surface area contributed by atoms with Gasteiger partial charge in [-0.3, -0.25) is 9.69 Å². The third-order valence-corrected chi connectivity index (χ3v) is 9.71. The fourth-order valence-corrected chi connectivity index (χ4v) is 6.17. The molecule has 1 aromatic heterocycles. The van der Waals surface area contributed by atoms with E-state index in [1.165, 1.54) is 12.7 Å². The van der Waals surface area contributed by atoms with Crippen molar-refractivity contribution in [2.45, 2.75) is 83.9 Å². The lowest BCUT2D eigenvalue weighted by Crippen LogP contribution is -2.50. The molecule has 3 aromatic rings. The fourth-order valence-electron chi connectivity index (χ4n) is 5.45. The number of ether oxygens (including phenoxy) is 3. The third kappa shape index (κ3) is 8.75. The standard InChI is InChI=1S/C34H46N4O6Si/c1-23(2)26-13-15-27(16-14-26)38-29-17-18-37(34(41)43-19-20-45(5,6)7)32(31(29)28(36-38)21-30(39)42-4)24(3)35-33(40)44-22-25-11-9-8-10-12-25/h8-16,23-24,32H,17-22H2,1-7H3,(H,35,40). The van der Waals surface area contributed by atoms with E-state index in [4.69, 9.17) is 19.3 Å². The number of rotatable bonds is 11. The number of fused-ring (bicyclic) bond motifs is 1. The first kappa shape index (κ1) is 33.8. The van der Waals surface area contributed by atoms with Crippen LogP contribution in [-0.4, -0.2) is 67.2 Å². The predicted molar refractivity (Wildman–Crippen MR) is 175 cm³/mol. The molecule has 2 amide bonds. The number of carbonyl (C=O) groups excluding carboxylic acids is 3. The highest BCUT2D eigenvalue weighted by molar-refractivity contribution is 6.76. The summed E-state index contributed by atoms with van der Waals surface area (Å²) in [5.41, 5.74) is 4.97. The van der Waals surface area contributed by atoms with E-state index in [1.54, 1.807) is 4.90 Å². The number of carbonyl (C=O) groups is 3. The molecule has 1 aliphatic rings. The maximum Gasteiger partial charge on any atom is 0.410 e. The second kappa shape index (κ2) is 14.8. The maximum atomic E-state index is 13.6. The molecule has 11 heteroatoms. The zero-order valence-electron chi connectivity index (χ0n) is 27.5. The van der Waals surface area contributed by atoms with Gasteiger partial charge in [0.25, 0.3) is 0 Å². The largest absolute Gasteiger partial charge is 0.469 e. The van der Waals surface area contributed by atoms with Gasteiger partial charge in [-0.2, -0.15) is 5.10 Å². The summed E-state index contributed by atoms with van der Waals surface area (Å²) in [4.78, 5) is 40.9. The van der Waals surface area contributed by atoms with Gasteiger partial charge in [0, 0.05) is 26.6 Å². The van der Waals surface area contributed by atoms with Gasteiger partial charge in [0.15, 0.2) is 0 Å². The summed E-state index contributed by atoms with van der Waals surface area (Å²) < 4.78 is 18.2. The summed E-state index contributed by atoms with van der Waals surface area (Å²) in [7, 11) is -0.104. The molecule has 0 spiro atoms. The van der Waals surface area contributed by atoms with Crippen molar-refractivity contribution in [2.75, 3.05) is 20.3 Å². The van der Waals surface area contributed by atoms with Crippen LogP contribution in [0.1, 0.15) is 60.8 Å². The zero-order chi connectivity index (χ0) is 32.7. The number of methoxy groups -OCH3 is 1. The van der Waals surface area contributed by atoms with Crippen LogP contribution in [-0.2, 0) is 38.5 Å². The van der Waals surface area contributed by atoms with Gasteiger partial charge >= 0.3 is 18.2 Å². The minimum Gasteiger partial charge on any atom is -0.469 e. The van der Waals surface area contributed by atoms with E-state index in [1.807, 2.05) is 54.1 Å². The van der Waals surface area contributed by atoms with Gasteiger partial charge in [0.1, 0.15) is 6.61 Å². The summed E-state index contributed by atoms with van der Waals surface area (Å²) in [5.74, 6) is -0.0759. The molecule has 0 radical (unpaired) electrons. The molecule has 0 aliphatic carbocycles. The van der Waals surface area contributed by atoms with Gasteiger partial charge in [-0.15, -0.1) is 0 Å². The molecular formula is C34H46N4O6Si. The summed E-state index contributed by atoms with van der Waals surface area (Å²) in [6.45, 7) is 13.6. The van der Waals surface area contributed by atoms with Crippen molar-refractivity contribution in [3.8, 4) is 5.69 Å². The Kier molecular flexibility index (Phi) is 11.1. The molecule has 0 fully saturated rings. The van der Waals surface area contributed by atoms with Gasteiger partial charge < -0.3 is 19.5 Å². The molecule has 2 atom stereocenters. The Balaban J connectivity index is 1.70. The molecule has 10 nitrogen and oxygen atoms in total. The quantitative estimate of drug-likeness (QED) is 0.148. The summed E-state index contributed by atoms with van der Waals surface area (Å²) >= 11 is 0. The second-order valence-electron chi connectivity index (χ2n) is 13.0. The Hall–Kier alpha value is -4.12. The SMILES string of the molecule is COC(=O)Cc1nn(-c2ccc(C(C)C)cc2)c2c1C(C(C)NC(=O)OCc1ccccc1)N(C(=O)OCC[Si](C)(C)C)CC2. The van der Waals surface area contributed by atoms with Crippen LogP contribution in [0, 0.1) is 0 Å². The first-order chi connectivity index (χ1) is 21.4. The van der Waals surface area contributed by atoms with Gasteiger partial charge in [0.2, 0.25) is 0 Å². The van der Waals surface area contributed by atoms with Gasteiger partial charge in [-0.1, -0.05) is 76.0 Å². The summed E-state index contributed by atoms with van der Waals surface area (Å²) in [5, 5.41) is 7.83. The molecule has 1 N–H and O–H groups in total. The van der Waals surface area contributed by atoms with Crippen molar-refractivity contribution in [3.63, 3.8) is 0 Å². The van der Waals surface area contributed by atoms with Crippen LogP contribution in [0.15, 0.2) is 54.6 Å². The minimum absolute atomic E-state index is 0.0872. The number of esters is 1. The Morgan fingerprint density at radius 3 is 2.31 bits per heavy atom. The van der Waals surface area contributed by atoms with Crippen molar-refractivity contribution in [1.29, 1.82) is 0 Å². The highest BCUT2D eigenvalue weighted by Gasteiger charge is 2.41. The number of amides is 2. The number of aromatic nitrogens is 2. The molecule has 45 heavy (non-hydrogen) atoms. The van der Waals surface area contributed by atoms with Gasteiger partial charge in [-0.05, 0) is 42.1 Å². The van der Waals surface area contributed by atoms with Crippen LogP contribution >= 0.6 is 0 Å². The Bertz CT molecular complexity index is 1470. The molecule has 0 saturated heterocycles. The molecule has 0 saturated carbocycles. The lowest BCUT2D eigenvalue weighted by molar-refractivity contribution is -0.139. The molecule has 2 heterocycles. The number of nitrogens with one attached hydrogen (secondary N) is 1. The molecule has 1 aliphatic heterocycles. The summed E-state index contributed by atoms with van der Waals surface area (Å²) in [6.07, 6.45) is -0.680. The smallest absolute Gasteiger partial charge is 0.410 e. The van der Waals surface area contributed by atoms with Gasteiger partial charge in [-0.25, -0.2) is 14.3 Å². The first-order valence-corrected chi connectivity index (χ1v) is 19.3. The molecule has 4 rings (SSSR count). The topological polar surface area (TPSA) is 112 Å². The van der Waals surface area contributed by atoms with Crippen molar-refractivity contribution < 1.29 is 28.6 Å². The van der Waals surface area contributed by atoms with Crippen LogP contribution < -0.4 is 5.32 Å². The van der Waals surface area contributed by atoms with Crippen molar-refractivity contribution in [1.82, 2.24) is 20.0 Å². The number of hydrogen-bond acceptors (Lipinski definition) is 7. The molecular weight excluding hydrogens is 588 g/mol.